The minimum Gasteiger partial charge on any atom is -0.455 e. The van der Waals surface area contributed by atoms with Crippen molar-refractivity contribution < 1.29 is 4.42 Å². The largest absolute Gasteiger partial charge is 0.455 e. The fourth-order valence-corrected chi connectivity index (χ4v) is 9.82. The van der Waals surface area contributed by atoms with Crippen molar-refractivity contribution in [3.8, 4) is 51.0 Å². The van der Waals surface area contributed by atoms with Crippen LogP contribution in [0.3, 0.4) is 0 Å². The first-order chi connectivity index (χ1) is 28.3. The molecule has 4 heterocycles. The summed E-state index contributed by atoms with van der Waals surface area (Å²) in [5, 5.41) is 6.97. The summed E-state index contributed by atoms with van der Waals surface area (Å²) in [4.78, 5) is 15.5. The molecule has 0 bridgehead atoms. The number of benzene rings is 8. The Kier molecular flexibility index (Phi) is 7.03. The zero-order chi connectivity index (χ0) is 37.5. The number of thiophene rings is 1. The van der Waals surface area contributed by atoms with E-state index in [0.29, 0.717) is 17.5 Å². The molecule has 0 fully saturated rings. The van der Waals surface area contributed by atoms with Gasteiger partial charge in [-0.05, 0) is 53.6 Å². The van der Waals surface area contributed by atoms with E-state index < -0.39 is 0 Å². The second-order valence-electron chi connectivity index (χ2n) is 14.3. The van der Waals surface area contributed by atoms with E-state index in [2.05, 4.69) is 132 Å². The lowest BCUT2D eigenvalue weighted by atomic mass is 10.0. The number of furan rings is 1. The molecule has 12 rings (SSSR count). The number of para-hydroxylation sites is 3. The Morgan fingerprint density at radius 3 is 1.82 bits per heavy atom. The Morgan fingerprint density at radius 2 is 1.02 bits per heavy atom. The van der Waals surface area contributed by atoms with Crippen LogP contribution in [0.2, 0.25) is 0 Å². The van der Waals surface area contributed by atoms with Crippen LogP contribution in [-0.4, -0.2) is 19.5 Å². The van der Waals surface area contributed by atoms with Crippen molar-refractivity contribution in [1.29, 1.82) is 0 Å². The summed E-state index contributed by atoms with van der Waals surface area (Å²) in [6.45, 7) is 0. The molecule has 57 heavy (non-hydrogen) atoms. The van der Waals surface area contributed by atoms with E-state index in [1.165, 1.54) is 48.4 Å². The normalized spacial score (nSPS) is 11.9. The summed E-state index contributed by atoms with van der Waals surface area (Å²) in [5.41, 5.74) is 10.2. The maximum atomic E-state index is 6.48. The van der Waals surface area contributed by atoms with E-state index in [4.69, 9.17) is 19.4 Å². The first-order valence-corrected chi connectivity index (χ1v) is 19.8. The van der Waals surface area contributed by atoms with Crippen LogP contribution in [0.4, 0.5) is 0 Å². The molecule has 0 amide bonds. The lowest BCUT2D eigenvalue weighted by Crippen LogP contribution is -2.00. The molecule has 0 N–H and O–H groups in total. The van der Waals surface area contributed by atoms with Gasteiger partial charge in [0.15, 0.2) is 17.5 Å². The maximum absolute atomic E-state index is 6.48. The number of aromatic nitrogens is 4. The average Bonchev–Trinajstić information content (AvgIpc) is 3.96. The predicted molar refractivity (Wildman–Crippen MR) is 236 cm³/mol. The monoisotopic (exact) mass is 746 g/mol. The SMILES string of the molecule is c1ccc(-c2ccc3c4c5sc6c(-c7nc(-c8ccccc8)nc(-c8cccc9c8oc8ccccc89)n7)cccc6c5ccc4n(-c4ccccc4)c3c2)cc1. The Hall–Kier alpha value is -7.41. The third kappa shape index (κ3) is 4.98. The molecule has 0 saturated heterocycles. The van der Waals surface area contributed by atoms with Crippen LogP contribution in [0.5, 0.6) is 0 Å². The van der Waals surface area contributed by atoms with Gasteiger partial charge in [0.05, 0.1) is 16.6 Å². The van der Waals surface area contributed by atoms with Crippen LogP contribution in [0.15, 0.2) is 186 Å². The van der Waals surface area contributed by atoms with Gasteiger partial charge in [-0.3, -0.25) is 0 Å². The smallest absolute Gasteiger partial charge is 0.167 e. The lowest BCUT2D eigenvalue weighted by molar-refractivity contribution is 0.669. The average molecular weight is 747 g/mol. The van der Waals surface area contributed by atoms with Crippen molar-refractivity contribution in [2.24, 2.45) is 0 Å². The molecule has 0 aliphatic heterocycles. The lowest BCUT2D eigenvalue weighted by Gasteiger charge is -2.09. The van der Waals surface area contributed by atoms with E-state index in [0.717, 1.165) is 49.0 Å². The molecule has 0 aliphatic carbocycles. The van der Waals surface area contributed by atoms with E-state index in [9.17, 15) is 0 Å². The van der Waals surface area contributed by atoms with Crippen molar-refractivity contribution in [2.75, 3.05) is 0 Å². The summed E-state index contributed by atoms with van der Waals surface area (Å²) in [6.07, 6.45) is 0. The zero-order valence-electron chi connectivity index (χ0n) is 30.4. The summed E-state index contributed by atoms with van der Waals surface area (Å²) < 4.78 is 11.3. The summed E-state index contributed by atoms with van der Waals surface area (Å²) >= 11 is 1.81. The third-order valence-electron chi connectivity index (χ3n) is 11.1. The van der Waals surface area contributed by atoms with Gasteiger partial charge in [0.25, 0.3) is 0 Å². The molecule has 266 valence electrons. The maximum Gasteiger partial charge on any atom is 0.167 e. The minimum atomic E-state index is 0.573. The second kappa shape index (κ2) is 12.6. The zero-order valence-corrected chi connectivity index (χ0v) is 31.2. The number of hydrogen-bond acceptors (Lipinski definition) is 5. The van der Waals surface area contributed by atoms with Crippen molar-refractivity contribution in [3.05, 3.63) is 182 Å². The summed E-state index contributed by atoms with van der Waals surface area (Å²) in [7, 11) is 0. The van der Waals surface area contributed by atoms with Crippen LogP contribution >= 0.6 is 11.3 Å². The van der Waals surface area contributed by atoms with Gasteiger partial charge in [-0.15, -0.1) is 11.3 Å². The molecule has 5 nitrogen and oxygen atoms in total. The molecular formula is C51H30N4OS. The van der Waals surface area contributed by atoms with E-state index >= 15 is 0 Å². The number of hydrogen-bond donors (Lipinski definition) is 0. The highest BCUT2D eigenvalue weighted by molar-refractivity contribution is 7.27. The molecular weight excluding hydrogens is 717 g/mol. The van der Waals surface area contributed by atoms with E-state index in [1.807, 2.05) is 65.9 Å². The van der Waals surface area contributed by atoms with Crippen molar-refractivity contribution >= 4 is 75.3 Å². The van der Waals surface area contributed by atoms with Gasteiger partial charge in [-0.25, -0.2) is 15.0 Å². The van der Waals surface area contributed by atoms with Crippen LogP contribution < -0.4 is 0 Å². The Morgan fingerprint density at radius 1 is 0.404 bits per heavy atom. The predicted octanol–water partition coefficient (Wildman–Crippen LogP) is 13.9. The van der Waals surface area contributed by atoms with Crippen LogP contribution in [0.25, 0.3) is 115 Å². The molecule has 6 heteroatoms. The molecule has 0 spiro atoms. The third-order valence-corrected chi connectivity index (χ3v) is 12.3. The number of rotatable bonds is 5. The van der Waals surface area contributed by atoms with Crippen LogP contribution in [-0.2, 0) is 0 Å². The van der Waals surface area contributed by atoms with Crippen LogP contribution in [0, 0.1) is 0 Å². The van der Waals surface area contributed by atoms with Crippen molar-refractivity contribution in [2.45, 2.75) is 0 Å². The molecule has 12 aromatic rings. The van der Waals surface area contributed by atoms with Crippen molar-refractivity contribution in [1.82, 2.24) is 19.5 Å². The van der Waals surface area contributed by atoms with Gasteiger partial charge < -0.3 is 8.98 Å². The molecule has 0 aliphatic rings. The minimum absolute atomic E-state index is 0.573. The second-order valence-corrected chi connectivity index (χ2v) is 15.4. The highest BCUT2D eigenvalue weighted by Gasteiger charge is 2.22. The first kappa shape index (κ1) is 31.9. The van der Waals surface area contributed by atoms with Gasteiger partial charge in [0.1, 0.15) is 11.2 Å². The first-order valence-electron chi connectivity index (χ1n) is 19.0. The topological polar surface area (TPSA) is 56.7 Å². The Labute approximate surface area is 330 Å². The van der Waals surface area contributed by atoms with E-state index in [-0.39, 0.29) is 0 Å². The van der Waals surface area contributed by atoms with Crippen LogP contribution in [0.1, 0.15) is 0 Å². The van der Waals surface area contributed by atoms with Crippen molar-refractivity contribution in [3.63, 3.8) is 0 Å². The summed E-state index contributed by atoms with van der Waals surface area (Å²) in [5.74, 6) is 1.81. The fourth-order valence-electron chi connectivity index (χ4n) is 8.45. The quantitative estimate of drug-likeness (QED) is 0.176. The van der Waals surface area contributed by atoms with Gasteiger partial charge >= 0.3 is 0 Å². The Bertz CT molecular complexity index is 3510. The number of fused-ring (bicyclic) bond motifs is 10. The Balaban J connectivity index is 1.12. The number of nitrogens with zero attached hydrogens (tertiary/aromatic N) is 4. The van der Waals surface area contributed by atoms with Gasteiger partial charge in [-0.2, -0.15) is 0 Å². The molecule has 0 radical (unpaired) electrons. The van der Waals surface area contributed by atoms with Gasteiger partial charge in [0, 0.05) is 58.5 Å². The molecule has 0 saturated carbocycles. The standard InChI is InChI=1S/C51H30N4OS/c1-4-14-31(15-5-1)33-26-27-39-43(30-33)55(34-18-8-3-9-19-34)42-29-28-38-37-22-13-24-41(47(37)57-48(38)45(39)42)51-53-49(32-16-6-2-7-17-32)52-50(54-51)40-23-12-21-36-35-20-10-11-25-44(35)56-46(36)40/h1-30H. The fraction of sp³-hybridized carbons (Fsp3) is 0. The highest BCUT2D eigenvalue weighted by Crippen LogP contribution is 2.46. The summed E-state index contributed by atoms with van der Waals surface area (Å²) in [6, 6.07) is 63.7. The molecule has 0 unspecified atom stereocenters. The molecule has 4 aromatic heterocycles. The molecule has 8 aromatic carbocycles. The molecule has 0 atom stereocenters. The van der Waals surface area contributed by atoms with E-state index in [1.54, 1.807) is 0 Å². The highest BCUT2D eigenvalue weighted by atomic mass is 32.1. The van der Waals surface area contributed by atoms with Gasteiger partial charge in [0.2, 0.25) is 0 Å². The van der Waals surface area contributed by atoms with Gasteiger partial charge in [-0.1, -0.05) is 140 Å².